The van der Waals surface area contributed by atoms with Crippen molar-refractivity contribution in [2.24, 2.45) is 0 Å². The van der Waals surface area contributed by atoms with Crippen LogP contribution in [0.3, 0.4) is 0 Å². The number of sulfone groups is 1. The number of halogens is 2. The Balaban J connectivity index is 1.95. The zero-order valence-corrected chi connectivity index (χ0v) is 15.8. The van der Waals surface area contributed by atoms with Gasteiger partial charge in [-0.3, -0.25) is 0 Å². The van der Waals surface area contributed by atoms with Gasteiger partial charge in [-0.05, 0) is 37.5 Å². The SMILES string of the molecule is O=S1(=O)CC[C@@H](N(C[C@H]2CCCO2)S(=O)(=O)c2ccc(F)c(Cl)c2)C1. The quantitative estimate of drug-likeness (QED) is 0.738. The molecule has 25 heavy (non-hydrogen) atoms. The van der Waals surface area contributed by atoms with E-state index in [-0.39, 0.29) is 40.5 Å². The van der Waals surface area contributed by atoms with Gasteiger partial charge in [-0.1, -0.05) is 11.6 Å². The molecular formula is C15H19ClFNO5S2. The molecule has 1 aromatic carbocycles. The molecule has 0 N–H and O–H groups in total. The molecule has 0 saturated carbocycles. The monoisotopic (exact) mass is 411 g/mol. The number of nitrogens with zero attached hydrogens (tertiary/aromatic N) is 1. The van der Waals surface area contributed by atoms with E-state index in [1.165, 1.54) is 4.31 Å². The molecule has 6 nitrogen and oxygen atoms in total. The van der Waals surface area contributed by atoms with Crippen LogP contribution in [0.5, 0.6) is 0 Å². The fourth-order valence-electron chi connectivity index (χ4n) is 3.21. The zero-order valence-electron chi connectivity index (χ0n) is 13.4. The fraction of sp³-hybridized carbons (Fsp3) is 0.600. The molecule has 0 amide bonds. The highest BCUT2D eigenvalue weighted by Gasteiger charge is 2.40. The average Bonchev–Trinajstić information content (AvgIpc) is 3.16. The van der Waals surface area contributed by atoms with Crippen molar-refractivity contribution in [3.63, 3.8) is 0 Å². The Hall–Kier alpha value is -0.740. The molecule has 2 aliphatic rings. The zero-order chi connectivity index (χ0) is 18.2. The number of hydrogen-bond donors (Lipinski definition) is 0. The minimum atomic E-state index is -4.02. The van der Waals surface area contributed by atoms with Crippen molar-refractivity contribution in [1.29, 1.82) is 0 Å². The van der Waals surface area contributed by atoms with Gasteiger partial charge in [-0.25, -0.2) is 21.2 Å². The Kier molecular flexibility index (Phi) is 5.41. The Morgan fingerprint density at radius 1 is 1.32 bits per heavy atom. The Bertz CT molecular complexity index is 853. The highest BCUT2D eigenvalue weighted by Crippen LogP contribution is 2.29. The topological polar surface area (TPSA) is 80.8 Å². The van der Waals surface area contributed by atoms with Gasteiger partial charge in [-0.15, -0.1) is 0 Å². The van der Waals surface area contributed by atoms with Gasteiger partial charge in [0.1, 0.15) is 5.82 Å². The first-order valence-corrected chi connectivity index (χ1v) is 11.6. The first-order chi connectivity index (χ1) is 11.7. The van der Waals surface area contributed by atoms with E-state index in [0.717, 1.165) is 31.0 Å². The molecule has 0 unspecified atom stereocenters. The third-order valence-electron chi connectivity index (χ3n) is 4.52. The fourth-order valence-corrected chi connectivity index (χ4v) is 6.99. The van der Waals surface area contributed by atoms with Crippen LogP contribution in [0.15, 0.2) is 23.1 Å². The third kappa shape index (κ3) is 4.16. The molecule has 0 aliphatic carbocycles. The van der Waals surface area contributed by atoms with Crippen molar-refractivity contribution >= 4 is 31.5 Å². The van der Waals surface area contributed by atoms with Crippen LogP contribution in [0.4, 0.5) is 4.39 Å². The maximum atomic E-state index is 13.4. The van der Waals surface area contributed by atoms with Crippen molar-refractivity contribution in [2.45, 2.75) is 36.3 Å². The lowest BCUT2D eigenvalue weighted by atomic mass is 10.2. The lowest BCUT2D eigenvalue weighted by Crippen LogP contribution is -2.45. The normalized spacial score (nSPS) is 26.4. The van der Waals surface area contributed by atoms with Crippen molar-refractivity contribution in [3.8, 4) is 0 Å². The van der Waals surface area contributed by atoms with Gasteiger partial charge in [0.15, 0.2) is 9.84 Å². The highest BCUT2D eigenvalue weighted by molar-refractivity contribution is 7.92. The van der Waals surface area contributed by atoms with Gasteiger partial charge < -0.3 is 4.74 Å². The second-order valence-corrected chi connectivity index (χ2v) is 10.9. The Morgan fingerprint density at radius 2 is 2.08 bits per heavy atom. The molecule has 0 bridgehead atoms. The molecule has 2 fully saturated rings. The number of rotatable bonds is 5. The molecule has 0 radical (unpaired) electrons. The van der Waals surface area contributed by atoms with E-state index >= 15 is 0 Å². The van der Waals surface area contributed by atoms with E-state index in [1.807, 2.05) is 0 Å². The van der Waals surface area contributed by atoms with Crippen molar-refractivity contribution in [1.82, 2.24) is 4.31 Å². The van der Waals surface area contributed by atoms with E-state index in [2.05, 4.69) is 0 Å². The molecule has 2 saturated heterocycles. The van der Waals surface area contributed by atoms with Crippen molar-refractivity contribution in [3.05, 3.63) is 29.0 Å². The van der Waals surface area contributed by atoms with Crippen LogP contribution < -0.4 is 0 Å². The summed E-state index contributed by atoms with van der Waals surface area (Å²) in [5.74, 6) is -0.970. The van der Waals surface area contributed by atoms with E-state index in [9.17, 15) is 21.2 Å². The minimum Gasteiger partial charge on any atom is -0.377 e. The van der Waals surface area contributed by atoms with Crippen LogP contribution in [-0.2, 0) is 24.6 Å². The van der Waals surface area contributed by atoms with E-state index in [1.54, 1.807) is 0 Å². The summed E-state index contributed by atoms with van der Waals surface area (Å²) in [6, 6.07) is 2.54. The van der Waals surface area contributed by atoms with Crippen LogP contribution in [-0.4, -0.2) is 57.9 Å². The summed E-state index contributed by atoms with van der Waals surface area (Å²) in [4.78, 5) is -0.152. The minimum absolute atomic E-state index is 0.0423. The number of hydrogen-bond acceptors (Lipinski definition) is 5. The summed E-state index contributed by atoms with van der Waals surface area (Å²) < 4.78 is 69.9. The average molecular weight is 412 g/mol. The number of ether oxygens (including phenoxy) is 1. The van der Waals surface area contributed by atoms with E-state index in [0.29, 0.717) is 6.61 Å². The van der Waals surface area contributed by atoms with Crippen molar-refractivity contribution in [2.75, 3.05) is 24.7 Å². The lowest BCUT2D eigenvalue weighted by molar-refractivity contribution is 0.0877. The van der Waals surface area contributed by atoms with Crippen LogP contribution in [0.1, 0.15) is 19.3 Å². The van der Waals surface area contributed by atoms with Crippen molar-refractivity contribution < 1.29 is 26.0 Å². The molecule has 0 spiro atoms. The molecule has 10 heteroatoms. The molecule has 2 aliphatic heterocycles. The second kappa shape index (κ2) is 7.11. The summed E-state index contributed by atoms with van der Waals surface area (Å²) in [5, 5.41) is -0.294. The summed E-state index contributed by atoms with van der Waals surface area (Å²) in [5.41, 5.74) is 0. The molecule has 1 aromatic rings. The summed E-state index contributed by atoms with van der Waals surface area (Å²) in [6.07, 6.45) is 1.52. The predicted molar refractivity (Wildman–Crippen MR) is 91.3 cm³/mol. The van der Waals surface area contributed by atoms with Crippen LogP contribution in [0, 0.1) is 5.82 Å². The highest BCUT2D eigenvalue weighted by atomic mass is 35.5. The van der Waals surface area contributed by atoms with Gasteiger partial charge in [0.05, 0.1) is 27.5 Å². The first-order valence-electron chi connectivity index (χ1n) is 7.98. The van der Waals surface area contributed by atoms with Gasteiger partial charge >= 0.3 is 0 Å². The van der Waals surface area contributed by atoms with Gasteiger partial charge in [0.2, 0.25) is 10.0 Å². The van der Waals surface area contributed by atoms with Gasteiger partial charge in [-0.2, -0.15) is 4.31 Å². The molecule has 3 rings (SSSR count). The van der Waals surface area contributed by atoms with Crippen LogP contribution in [0.25, 0.3) is 0 Å². The lowest BCUT2D eigenvalue weighted by Gasteiger charge is -2.29. The Labute approximate surface area is 151 Å². The smallest absolute Gasteiger partial charge is 0.243 e. The van der Waals surface area contributed by atoms with E-state index < -0.39 is 31.7 Å². The maximum absolute atomic E-state index is 13.4. The first kappa shape index (κ1) is 19.0. The predicted octanol–water partition coefficient (Wildman–Crippen LogP) is 1.84. The summed E-state index contributed by atoms with van der Waals surface area (Å²) in [7, 11) is -7.29. The number of sulfonamides is 1. The van der Waals surface area contributed by atoms with Crippen LogP contribution >= 0.6 is 11.6 Å². The molecule has 2 heterocycles. The molecule has 2 atom stereocenters. The van der Waals surface area contributed by atoms with Crippen LogP contribution in [0.2, 0.25) is 5.02 Å². The van der Waals surface area contributed by atoms with E-state index in [4.69, 9.17) is 16.3 Å². The Morgan fingerprint density at radius 3 is 2.64 bits per heavy atom. The molecule has 0 aromatic heterocycles. The summed E-state index contributed by atoms with van der Waals surface area (Å²) >= 11 is 5.72. The summed E-state index contributed by atoms with van der Waals surface area (Å²) in [6.45, 7) is 0.640. The van der Waals surface area contributed by atoms with Gasteiger partial charge in [0, 0.05) is 19.2 Å². The largest absolute Gasteiger partial charge is 0.377 e. The standard InChI is InChI=1S/C15H19ClFNO5S2/c16-14-8-13(3-4-15(14)17)25(21,22)18(9-12-2-1-6-23-12)11-5-7-24(19,20)10-11/h3-4,8,11-12H,1-2,5-7,9-10H2/t11-,12-/m1/s1. The molecular weight excluding hydrogens is 393 g/mol. The number of benzene rings is 1. The third-order valence-corrected chi connectivity index (χ3v) is 8.48. The molecule has 140 valence electrons. The maximum Gasteiger partial charge on any atom is 0.243 e. The van der Waals surface area contributed by atoms with Gasteiger partial charge in [0.25, 0.3) is 0 Å². The second-order valence-electron chi connectivity index (χ2n) is 6.34.